The number of carbonyl (C=O) groups is 1. The van der Waals surface area contributed by atoms with Crippen LogP contribution in [0.1, 0.15) is 56.7 Å². The Balaban J connectivity index is 0.00000150. The van der Waals surface area contributed by atoms with Crippen LogP contribution in [0.5, 0.6) is 0 Å². The van der Waals surface area contributed by atoms with E-state index >= 15 is 0 Å². The van der Waals surface area contributed by atoms with Crippen LogP contribution >= 0.6 is 24.8 Å². The van der Waals surface area contributed by atoms with Crippen LogP contribution in [0.25, 0.3) is 10.9 Å². The second-order valence-electron chi connectivity index (χ2n) is 8.31. The Labute approximate surface area is 185 Å². The summed E-state index contributed by atoms with van der Waals surface area (Å²) in [5, 5.41) is 1.20. The molecule has 2 saturated heterocycles. The SMILES string of the molecule is CN1CCC[C@@H]1c1cc2cnc(N3CCCC(CCCC(N)=O)C3)cc2[nH]1.Cl.Cl. The standard InChI is InChI=1S/C21H31N5O.2ClH/c1-25-9-4-7-19(25)18-11-16-13-23-21(12-17(16)24-18)26-10-3-6-15(14-26)5-2-8-20(22)27;;/h11-13,15,19,24H,2-10,14H2,1H3,(H2,22,27);2*1H/t15?,19-;;/m1../s1. The lowest BCUT2D eigenvalue weighted by atomic mass is 9.92. The Morgan fingerprint density at radius 1 is 1.24 bits per heavy atom. The second kappa shape index (κ2) is 10.5. The quantitative estimate of drug-likeness (QED) is 0.708. The van der Waals surface area contributed by atoms with Gasteiger partial charge >= 0.3 is 0 Å². The number of rotatable bonds is 6. The molecule has 1 amide bonds. The average Bonchev–Trinajstić information content (AvgIpc) is 3.26. The summed E-state index contributed by atoms with van der Waals surface area (Å²) in [5.41, 5.74) is 7.77. The molecule has 29 heavy (non-hydrogen) atoms. The summed E-state index contributed by atoms with van der Waals surface area (Å²) < 4.78 is 0. The summed E-state index contributed by atoms with van der Waals surface area (Å²) in [6.07, 6.45) is 9.39. The van der Waals surface area contributed by atoms with E-state index in [1.54, 1.807) is 0 Å². The van der Waals surface area contributed by atoms with E-state index in [0.717, 1.165) is 31.7 Å². The van der Waals surface area contributed by atoms with Gasteiger partial charge in [0.2, 0.25) is 5.91 Å². The molecule has 2 aromatic heterocycles. The molecule has 2 fully saturated rings. The van der Waals surface area contributed by atoms with Gasteiger partial charge in [0.15, 0.2) is 0 Å². The Bertz CT molecular complexity index is 811. The van der Waals surface area contributed by atoms with Crippen molar-refractivity contribution < 1.29 is 4.79 Å². The monoisotopic (exact) mass is 441 g/mol. The summed E-state index contributed by atoms with van der Waals surface area (Å²) in [5.74, 6) is 1.50. The number of nitrogens with zero attached hydrogens (tertiary/aromatic N) is 3. The number of aromatic nitrogens is 2. The normalized spacial score (nSPS) is 22.3. The van der Waals surface area contributed by atoms with Gasteiger partial charge in [-0.2, -0.15) is 0 Å². The van der Waals surface area contributed by atoms with Crippen LogP contribution < -0.4 is 10.6 Å². The highest BCUT2D eigenvalue weighted by atomic mass is 35.5. The van der Waals surface area contributed by atoms with E-state index in [2.05, 4.69) is 34.0 Å². The van der Waals surface area contributed by atoms with E-state index in [1.165, 1.54) is 48.8 Å². The summed E-state index contributed by atoms with van der Waals surface area (Å²) in [4.78, 5) is 24.2. The first kappa shape index (κ1) is 23.8. The van der Waals surface area contributed by atoms with Crippen LogP contribution in [0.4, 0.5) is 5.82 Å². The number of nitrogens with one attached hydrogen (secondary N) is 1. The number of hydrogen-bond donors (Lipinski definition) is 2. The van der Waals surface area contributed by atoms with E-state index in [1.807, 2.05) is 6.20 Å². The maximum Gasteiger partial charge on any atom is 0.217 e. The Morgan fingerprint density at radius 3 is 2.76 bits per heavy atom. The molecule has 0 radical (unpaired) electrons. The average molecular weight is 442 g/mol. The van der Waals surface area contributed by atoms with Gasteiger partial charge < -0.3 is 15.6 Å². The highest BCUT2D eigenvalue weighted by molar-refractivity contribution is 5.85. The van der Waals surface area contributed by atoms with Crippen molar-refractivity contribution in [3.05, 3.63) is 24.0 Å². The molecule has 0 spiro atoms. The van der Waals surface area contributed by atoms with Crippen molar-refractivity contribution in [1.29, 1.82) is 0 Å². The number of halogens is 2. The number of anilines is 1. The van der Waals surface area contributed by atoms with Crippen molar-refractivity contribution in [3.8, 4) is 0 Å². The molecule has 0 aliphatic carbocycles. The third-order valence-electron chi connectivity index (χ3n) is 6.27. The molecule has 0 saturated carbocycles. The van der Waals surface area contributed by atoms with E-state index in [9.17, 15) is 4.79 Å². The fraction of sp³-hybridized carbons (Fsp3) is 0.619. The Hall–Kier alpha value is -1.50. The molecule has 6 nitrogen and oxygen atoms in total. The number of likely N-dealkylation sites (tertiary alicyclic amines) is 1. The summed E-state index contributed by atoms with van der Waals surface area (Å²) >= 11 is 0. The number of amides is 1. The molecule has 2 aliphatic rings. The van der Waals surface area contributed by atoms with Crippen LogP contribution in [-0.2, 0) is 4.79 Å². The number of piperidine rings is 1. The highest BCUT2D eigenvalue weighted by Gasteiger charge is 2.25. The first-order valence-electron chi connectivity index (χ1n) is 10.3. The molecule has 4 heterocycles. The first-order chi connectivity index (χ1) is 13.1. The van der Waals surface area contributed by atoms with Gasteiger partial charge in [-0.1, -0.05) is 0 Å². The van der Waals surface area contributed by atoms with E-state index < -0.39 is 0 Å². The predicted octanol–water partition coefficient (Wildman–Crippen LogP) is 4.05. The topological polar surface area (TPSA) is 78.2 Å². The molecular weight excluding hydrogens is 409 g/mol. The minimum absolute atomic E-state index is 0. The minimum atomic E-state index is -0.190. The molecule has 3 N–H and O–H groups in total. The minimum Gasteiger partial charge on any atom is -0.370 e. The Morgan fingerprint density at radius 2 is 2.03 bits per heavy atom. The molecule has 2 atom stereocenters. The maximum atomic E-state index is 11.0. The summed E-state index contributed by atoms with van der Waals surface area (Å²) in [7, 11) is 2.21. The number of hydrogen-bond acceptors (Lipinski definition) is 4. The smallest absolute Gasteiger partial charge is 0.217 e. The zero-order valence-corrected chi connectivity index (χ0v) is 18.7. The van der Waals surface area contributed by atoms with Crippen molar-refractivity contribution in [3.63, 3.8) is 0 Å². The van der Waals surface area contributed by atoms with Crippen molar-refractivity contribution in [1.82, 2.24) is 14.9 Å². The van der Waals surface area contributed by atoms with E-state index in [4.69, 9.17) is 10.7 Å². The molecule has 0 aromatic carbocycles. The number of nitrogens with two attached hydrogens (primary N) is 1. The van der Waals surface area contributed by atoms with Gasteiger partial charge in [-0.15, -0.1) is 24.8 Å². The third kappa shape index (κ3) is 5.56. The van der Waals surface area contributed by atoms with Gasteiger partial charge in [0, 0.05) is 48.9 Å². The van der Waals surface area contributed by atoms with Gasteiger partial charge in [-0.05, 0) is 64.1 Å². The van der Waals surface area contributed by atoms with Gasteiger partial charge in [-0.25, -0.2) is 4.98 Å². The fourth-order valence-electron chi connectivity index (χ4n) is 4.77. The molecule has 162 valence electrons. The number of primary amides is 1. The first-order valence-corrected chi connectivity index (χ1v) is 10.3. The number of pyridine rings is 1. The van der Waals surface area contributed by atoms with Crippen LogP contribution in [0.15, 0.2) is 18.3 Å². The van der Waals surface area contributed by atoms with Crippen molar-refractivity contribution in [2.24, 2.45) is 11.7 Å². The number of fused-ring (bicyclic) bond motifs is 1. The van der Waals surface area contributed by atoms with Gasteiger partial charge in [0.1, 0.15) is 5.82 Å². The van der Waals surface area contributed by atoms with Gasteiger partial charge in [-0.3, -0.25) is 9.69 Å². The van der Waals surface area contributed by atoms with Crippen LogP contribution in [0, 0.1) is 5.92 Å². The van der Waals surface area contributed by atoms with Crippen molar-refractivity contribution >= 4 is 47.4 Å². The third-order valence-corrected chi connectivity index (χ3v) is 6.27. The number of carbonyl (C=O) groups excluding carboxylic acids is 1. The zero-order valence-electron chi connectivity index (χ0n) is 17.1. The van der Waals surface area contributed by atoms with Crippen LogP contribution in [0.3, 0.4) is 0 Å². The lowest BCUT2D eigenvalue weighted by Crippen LogP contribution is -2.36. The predicted molar refractivity (Wildman–Crippen MR) is 123 cm³/mol. The number of aromatic amines is 1. The molecule has 2 aliphatic heterocycles. The lowest BCUT2D eigenvalue weighted by Gasteiger charge is -2.33. The molecule has 2 aromatic rings. The molecule has 1 unspecified atom stereocenters. The van der Waals surface area contributed by atoms with Crippen LogP contribution in [0.2, 0.25) is 0 Å². The highest BCUT2D eigenvalue weighted by Crippen LogP contribution is 2.33. The van der Waals surface area contributed by atoms with E-state index in [0.29, 0.717) is 18.4 Å². The van der Waals surface area contributed by atoms with Gasteiger partial charge in [0.05, 0.1) is 5.52 Å². The largest absolute Gasteiger partial charge is 0.370 e. The van der Waals surface area contributed by atoms with E-state index in [-0.39, 0.29) is 30.7 Å². The fourth-order valence-corrected chi connectivity index (χ4v) is 4.77. The molecule has 8 heteroatoms. The van der Waals surface area contributed by atoms with Gasteiger partial charge in [0.25, 0.3) is 0 Å². The number of H-pyrrole nitrogens is 1. The lowest BCUT2D eigenvalue weighted by molar-refractivity contribution is -0.118. The molecular formula is C21H33Cl2N5O. The van der Waals surface area contributed by atoms with Crippen molar-refractivity contribution in [2.45, 2.75) is 51.0 Å². The summed E-state index contributed by atoms with van der Waals surface area (Å²) in [6, 6.07) is 4.98. The van der Waals surface area contributed by atoms with Crippen molar-refractivity contribution in [2.75, 3.05) is 31.6 Å². The zero-order chi connectivity index (χ0) is 18.8. The Kier molecular flexibility index (Phi) is 8.61. The summed E-state index contributed by atoms with van der Waals surface area (Å²) in [6.45, 7) is 3.26. The molecule has 4 rings (SSSR count). The second-order valence-corrected chi connectivity index (χ2v) is 8.31. The van der Waals surface area contributed by atoms with Crippen LogP contribution in [-0.4, -0.2) is 47.5 Å². The molecule has 0 bridgehead atoms. The maximum absolute atomic E-state index is 11.0.